The average Bonchev–Trinajstić information content (AvgIpc) is 2.94. The fourth-order valence-electron chi connectivity index (χ4n) is 1.84. The smallest absolute Gasteiger partial charge is 0.258 e. The molecule has 0 aliphatic carbocycles. The second kappa shape index (κ2) is 5.44. The summed E-state index contributed by atoms with van der Waals surface area (Å²) in [5, 5.41) is 1.83. The van der Waals surface area contributed by atoms with Crippen molar-refractivity contribution in [3.8, 4) is 5.75 Å². The molecule has 0 atom stereocenters. The van der Waals surface area contributed by atoms with Crippen molar-refractivity contribution >= 4 is 16.3 Å². The van der Waals surface area contributed by atoms with E-state index in [0.29, 0.717) is 17.2 Å². The van der Waals surface area contributed by atoms with Gasteiger partial charge in [-0.05, 0) is 17.7 Å². The Morgan fingerprint density at radius 2 is 2.10 bits per heavy atom. The molecular formula is C14H13N3O2S. The van der Waals surface area contributed by atoms with E-state index in [9.17, 15) is 4.79 Å². The maximum atomic E-state index is 11.8. The number of nitrogens with zero attached hydrogens (tertiary/aromatic N) is 2. The van der Waals surface area contributed by atoms with Crippen molar-refractivity contribution in [1.29, 1.82) is 0 Å². The van der Waals surface area contributed by atoms with Gasteiger partial charge in [0.15, 0.2) is 4.96 Å². The maximum Gasteiger partial charge on any atom is 0.258 e. The molecule has 0 fully saturated rings. The molecule has 3 aromatic rings. The van der Waals surface area contributed by atoms with Gasteiger partial charge in [-0.2, -0.15) is 0 Å². The SMILES string of the molecule is NCc1ccc(OCc2cc(=O)n3ccsc3n2)cc1. The number of hydrogen-bond donors (Lipinski definition) is 1. The van der Waals surface area contributed by atoms with Gasteiger partial charge in [0, 0.05) is 24.2 Å². The molecule has 1 aromatic carbocycles. The molecule has 0 unspecified atom stereocenters. The molecule has 0 bridgehead atoms. The normalized spacial score (nSPS) is 10.8. The maximum absolute atomic E-state index is 11.8. The van der Waals surface area contributed by atoms with Gasteiger partial charge in [-0.25, -0.2) is 4.98 Å². The van der Waals surface area contributed by atoms with Crippen LogP contribution in [-0.4, -0.2) is 9.38 Å². The second-order valence-electron chi connectivity index (χ2n) is 4.28. The van der Waals surface area contributed by atoms with Crippen molar-refractivity contribution in [2.75, 3.05) is 0 Å². The van der Waals surface area contributed by atoms with Crippen LogP contribution in [0.15, 0.2) is 46.7 Å². The third-order valence-corrected chi connectivity index (χ3v) is 3.66. The number of thiazole rings is 1. The van der Waals surface area contributed by atoms with Crippen LogP contribution in [0.2, 0.25) is 0 Å². The van der Waals surface area contributed by atoms with Crippen molar-refractivity contribution in [2.24, 2.45) is 5.73 Å². The first-order valence-corrected chi connectivity index (χ1v) is 7.02. The minimum Gasteiger partial charge on any atom is -0.487 e. The number of benzene rings is 1. The van der Waals surface area contributed by atoms with E-state index in [-0.39, 0.29) is 12.2 Å². The molecule has 20 heavy (non-hydrogen) atoms. The molecule has 6 heteroatoms. The zero-order valence-electron chi connectivity index (χ0n) is 10.7. The van der Waals surface area contributed by atoms with Gasteiger partial charge in [0.1, 0.15) is 12.4 Å². The van der Waals surface area contributed by atoms with E-state index in [2.05, 4.69) is 4.98 Å². The fourth-order valence-corrected chi connectivity index (χ4v) is 2.58. The highest BCUT2D eigenvalue weighted by Crippen LogP contribution is 2.14. The molecule has 0 spiro atoms. The highest BCUT2D eigenvalue weighted by atomic mass is 32.1. The molecule has 0 saturated carbocycles. The van der Waals surface area contributed by atoms with Crippen LogP contribution in [0.3, 0.4) is 0 Å². The van der Waals surface area contributed by atoms with Crippen LogP contribution in [0.5, 0.6) is 5.75 Å². The van der Waals surface area contributed by atoms with Crippen LogP contribution in [-0.2, 0) is 13.2 Å². The van der Waals surface area contributed by atoms with Crippen molar-refractivity contribution in [1.82, 2.24) is 9.38 Å². The summed E-state index contributed by atoms with van der Waals surface area (Å²) in [6.45, 7) is 0.777. The molecule has 3 rings (SSSR count). The lowest BCUT2D eigenvalue weighted by molar-refractivity contribution is 0.301. The highest BCUT2D eigenvalue weighted by molar-refractivity contribution is 7.15. The first kappa shape index (κ1) is 12.8. The van der Waals surface area contributed by atoms with Gasteiger partial charge in [0.05, 0.1) is 5.69 Å². The Balaban J connectivity index is 1.77. The molecule has 0 aliphatic heterocycles. The van der Waals surface area contributed by atoms with Crippen molar-refractivity contribution < 1.29 is 4.74 Å². The lowest BCUT2D eigenvalue weighted by Gasteiger charge is -2.06. The average molecular weight is 287 g/mol. The predicted molar refractivity (Wildman–Crippen MR) is 78.0 cm³/mol. The van der Waals surface area contributed by atoms with Gasteiger partial charge in [-0.1, -0.05) is 12.1 Å². The Morgan fingerprint density at radius 3 is 2.85 bits per heavy atom. The monoisotopic (exact) mass is 287 g/mol. The second-order valence-corrected chi connectivity index (χ2v) is 5.15. The van der Waals surface area contributed by atoms with E-state index < -0.39 is 0 Å². The Hall–Kier alpha value is -2.18. The van der Waals surface area contributed by atoms with Crippen LogP contribution in [0.4, 0.5) is 0 Å². The molecule has 2 N–H and O–H groups in total. The van der Waals surface area contributed by atoms with Gasteiger partial charge >= 0.3 is 0 Å². The van der Waals surface area contributed by atoms with Crippen LogP contribution < -0.4 is 16.0 Å². The Labute approximate surface area is 119 Å². The minimum absolute atomic E-state index is 0.0895. The van der Waals surface area contributed by atoms with E-state index in [4.69, 9.17) is 10.5 Å². The van der Waals surface area contributed by atoms with Crippen molar-refractivity contribution in [3.05, 3.63) is 63.5 Å². The third kappa shape index (κ3) is 2.56. The van der Waals surface area contributed by atoms with E-state index in [1.165, 1.54) is 21.8 Å². The molecule has 0 amide bonds. The molecule has 5 nitrogen and oxygen atoms in total. The van der Waals surface area contributed by atoms with Gasteiger partial charge in [0.2, 0.25) is 0 Å². The minimum atomic E-state index is -0.0895. The number of ether oxygens (including phenoxy) is 1. The van der Waals surface area contributed by atoms with Gasteiger partial charge in [-0.3, -0.25) is 9.20 Å². The predicted octanol–water partition coefficient (Wildman–Crippen LogP) is 1.79. The zero-order chi connectivity index (χ0) is 13.9. The summed E-state index contributed by atoms with van der Waals surface area (Å²) in [4.78, 5) is 16.9. The van der Waals surface area contributed by atoms with Crippen LogP contribution in [0.1, 0.15) is 11.3 Å². The standard InChI is InChI=1S/C14H13N3O2S/c15-8-10-1-3-12(4-2-10)19-9-11-7-13(18)17-5-6-20-14(17)16-11/h1-7H,8-9,15H2. The summed E-state index contributed by atoms with van der Waals surface area (Å²) >= 11 is 1.42. The fraction of sp³-hybridized carbons (Fsp3) is 0.143. The van der Waals surface area contributed by atoms with Crippen LogP contribution in [0.25, 0.3) is 4.96 Å². The van der Waals surface area contributed by atoms with Gasteiger partial charge in [-0.15, -0.1) is 11.3 Å². The summed E-state index contributed by atoms with van der Waals surface area (Å²) in [7, 11) is 0. The molecule has 102 valence electrons. The number of hydrogen-bond acceptors (Lipinski definition) is 5. The third-order valence-electron chi connectivity index (χ3n) is 2.90. The Morgan fingerprint density at radius 1 is 1.30 bits per heavy atom. The summed E-state index contributed by atoms with van der Waals surface area (Å²) in [5.74, 6) is 0.732. The number of rotatable bonds is 4. The first-order valence-electron chi connectivity index (χ1n) is 6.14. The zero-order valence-corrected chi connectivity index (χ0v) is 11.5. The van der Waals surface area contributed by atoms with E-state index in [1.807, 2.05) is 29.6 Å². The molecule has 0 aliphatic rings. The van der Waals surface area contributed by atoms with E-state index in [0.717, 1.165) is 11.3 Å². The lowest BCUT2D eigenvalue weighted by atomic mass is 10.2. The summed E-state index contributed by atoms with van der Waals surface area (Å²) in [6.07, 6.45) is 1.71. The topological polar surface area (TPSA) is 69.6 Å². The highest BCUT2D eigenvalue weighted by Gasteiger charge is 2.04. The van der Waals surface area contributed by atoms with E-state index >= 15 is 0 Å². The van der Waals surface area contributed by atoms with Crippen LogP contribution >= 0.6 is 11.3 Å². The number of nitrogens with two attached hydrogens (primary N) is 1. The van der Waals surface area contributed by atoms with E-state index in [1.54, 1.807) is 6.20 Å². The number of fused-ring (bicyclic) bond motifs is 1. The lowest BCUT2D eigenvalue weighted by Crippen LogP contribution is -2.14. The summed E-state index contributed by atoms with van der Waals surface area (Å²) < 4.78 is 7.14. The van der Waals surface area contributed by atoms with Crippen molar-refractivity contribution in [3.63, 3.8) is 0 Å². The Bertz CT molecular complexity index is 777. The molecule has 2 aromatic heterocycles. The largest absolute Gasteiger partial charge is 0.487 e. The summed E-state index contributed by atoms with van der Waals surface area (Å²) in [5.41, 5.74) is 7.12. The quantitative estimate of drug-likeness (QED) is 0.794. The molecule has 2 heterocycles. The summed E-state index contributed by atoms with van der Waals surface area (Å²) in [6, 6.07) is 9.05. The first-order chi connectivity index (χ1) is 9.76. The molecule has 0 radical (unpaired) electrons. The van der Waals surface area contributed by atoms with Crippen molar-refractivity contribution in [2.45, 2.75) is 13.2 Å². The molecule has 0 saturated heterocycles. The number of aromatic nitrogens is 2. The van der Waals surface area contributed by atoms with Gasteiger partial charge in [0.25, 0.3) is 5.56 Å². The van der Waals surface area contributed by atoms with Gasteiger partial charge < -0.3 is 10.5 Å². The molecular weight excluding hydrogens is 274 g/mol. The Kier molecular flexibility index (Phi) is 3.49. The van der Waals surface area contributed by atoms with Crippen LogP contribution in [0, 0.1) is 0 Å².